The SMILES string of the molecule is C/C1=C\C[C@]2(C(C)C)CC[C@@](C)(O2)C(=O)CC/C(C)=C/CC1. The largest absolute Gasteiger partial charge is 0.360 e. The number of carbonyl (C=O) groups is 1. The summed E-state index contributed by atoms with van der Waals surface area (Å²) in [5, 5.41) is 0. The van der Waals surface area contributed by atoms with Gasteiger partial charge in [0.15, 0.2) is 5.78 Å². The molecule has 22 heavy (non-hydrogen) atoms. The summed E-state index contributed by atoms with van der Waals surface area (Å²) in [5.41, 5.74) is 2.02. The number of allylic oxidation sites excluding steroid dienone is 3. The van der Waals surface area contributed by atoms with Crippen molar-refractivity contribution in [2.24, 2.45) is 5.92 Å². The van der Waals surface area contributed by atoms with Gasteiger partial charge in [-0.15, -0.1) is 0 Å². The van der Waals surface area contributed by atoms with E-state index in [1.54, 1.807) is 0 Å². The molecule has 0 saturated carbocycles. The average Bonchev–Trinajstić information content (AvgIpc) is 2.82. The summed E-state index contributed by atoms with van der Waals surface area (Å²) in [5.74, 6) is 0.707. The van der Waals surface area contributed by atoms with Crippen LogP contribution in [0, 0.1) is 5.92 Å². The van der Waals surface area contributed by atoms with Crippen molar-refractivity contribution in [1.82, 2.24) is 0 Å². The van der Waals surface area contributed by atoms with Gasteiger partial charge < -0.3 is 4.74 Å². The minimum absolute atomic E-state index is 0.164. The second-order valence-electron chi connectivity index (χ2n) is 7.82. The molecule has 2 aliphatic heterocycles. The molecule has 0 N–H and O–H groups in total. The Morgan fingerprint density at radius 3 is 2.41 bits per heavy atom. The Labute approximate surface area is 136 Å². The molecule has 0 aromatic carbocycles. The molecule has 1 saturated heterocycles. The third-order valence-electron chi connectivity index (χ3n) is 5.67. The van der Waals surface area contributed by atoms with Gasteiger partial charge in [-0.05, 0) is 65.2 Å². The number of fused-ring (bicyclic) bond motifs is 2. The van der Waals surface area contributed by atoms with Gasteiger partial charge in [0.25, 0.3) is 0 Å². The van der Waals surface area contributed by atoms with E-state index in [4.69, 9.17) is 4.74 Å². The monoisotopic (exact) mass is 304 g/mol. The van der Waals surface area contributed by atoms with Crippen molar-refractivity contribution < 1.29 is 9.53 Å². The molecule has 1 fully saturated rings. The number of carbonyl (C=O) groups excluding carboxylic acids is 1. The van der Waals surface area contributed by atoms with Crippen molar-refractivity contribution in [1.29, 1.82) is 0 Å². The third-order valence-corrected chi connectivity index (χ3v) is 5.67. The fraction of sp³-hybridized carbons (Fsp3) is 0.750. The maximum Gasteiger partial charge on any atom is 0.164 e. The van der Waals surface area contributed by atoms with Crippen LogP contribution < -0.4 is 0 Å². The molecule has 2 rings (SSSR count). The van der Waals surface area contributed by atoms with Gasteiger partial charge >= 0.3 is 0 Å². The Morgan fingerprint density at radius 2 is 1.73 bits per heavy atom. The molecule has 2 bridgehead atoms. The highest BCUT2D eigenvalue weighted by Gasteiger charge is 2.50. The number of hydrogen-bond acceptors (Lipinski definition) is 2. The van der Waals surface area contributed by atoms with E-state index in [1.165, 1.54) is 11.1 Å². The Kier molecular flexibility index (Phi) is 5.32. The van der Waals surface area contributed by atoms with Gasteiger partial charge in [0.05, 0.1) is 5.60 Å². The van der Waals surface area contributed by atoms with Gasteiger partial charge in [-0.2, -0.15) is 0 Å². The van der Waals surface area contributed by atoms with Crippen molar-refractivity contribution in [3.05, 3.63) is 23.3 Å². The average molecular weight is 304 g/mol. The Morgan fingerprint density at radius 1 is 1.05 bits per heavy atom. The van der Waals surface area contributed by atoms with E-state index < -0.39 is 5.60 Å². The first-order valence-electron chi connectivity index (χ1n) is 8.82. The lowest BCUT2D eigenvalue weighted by Gasteiger charge is -2.35. The number of Topliss-reactive ketones (excluding diaryl/α,β-unsaturated/α-hetero) is 1. The topological polar surface area (TPSA) is 26.3 Å². The maximum absolute atomic E-state index is 12.7. The zero-order valence-electron chi connectivity index (χ0n) is 15.0. The first kappa shape index (κ1) is 17.5. The molecule has 0 aromatic rings. The van der Waals surface area contributed by atoms with E-state index in [0.29, 0.717) is 12.3 Å². The van der Waals surface area contributed by atoms with Crippen LogP contribution in [0.2, 0.25) is 0 Å². The lowest BCUT2D eigenvalue weighted by Crippen LogP contribution is -2.42. The summed E-state index contributed by atoms with van der Waals surface area (Å²) < 4.78 is 6.49. The highest BCUT2D eigenvalue weighted by atomic mass is 16.5. The number of hydrogen-bond donors (Lipinski definition) is 0. The molecule has 0 aromatic heterocycles. The second kappa shape index (κ2) is 6.70. The third kappa shape index (κ3) is 3.71. The molecule has 0 radical (unpaired) electrons. The fourth-order valence-electron chi connectivity index (χ4n) is 3.66. The second-order valence-corrected chi connectivity index (χ2v) is 7.82. The van der Waals surface area contributed by atoms with Crippen LogP contribution in [0.1, 0.15) is 79.6 Å². The summed E-state index contributed by atoms with van der Waals surface area (Å²) >= 11 is 0. The number of rotatable bonds is 1. The fourth-order valence-corrected chi connectivity index (χ4v) is 3.66. The van der Waals surface area contributed by atoms with Crippen molar-refractivity contribution in [3.63, 3.8) is 0 Å². The molecule has 2 heteroatoms. The molecule has 0 aliphatic carbocycles. The zero-order valence-corrected chi connectivity index (χ0v) is 15.0. The van der Waals surface area contributed by atoms with Crippen LogP contribution in [-0.2, 0) is 9.53 Å². The van der Waals surface area contributed by atoms with Gasteiger partial charge in [0.1, 0.15) is 5.60 Å². The Hall–Kier alpha value is -0.890. The van der Waals surface area contributed by atoms with E-state index in [9.17, 15) is 4.79 Å². The van der Waals surface area contributed by atoms with Crippen LogP contribution in [0.5, 0.6) is 0 Å². The summed E-state index contributed by atoms with van der Waals surface area (Å²) in [6.07, 6.45) is 11.1. The van der Waals surface area contributed by atoms with Gasteiger partial charge in [-0.3, -0.25) is 4.79 Å². The smallest absolute Gasteiger partial charge is 0.164 e. The summed E-state index contributed by atoms with van der Waals surface area (Å²) in [6, 6.07) is 0. The molecule has 0 unspecified atom stereocenters. The van der Waals surface area contributed by atoms with Crippen LogP contribution in [0.3, 0.4) is 0 Å². The normalized spacial score (nSPS) is 39.3. The lowest BCUT2D eigenvalue weighted by atomic mass is 9.83. The molecular formula is C20H32O2. The molecule has 2 atom stereocenters. The van der Waals surface area contributed by atoms with Crippen molar-refractivity contribution in [2.75, 3.05) is 0 Å². The van der Waals surface area contributed by atoms with E-state index in [-0.39, 0.29) is 11.4 Å². The first-order chi connectivity index (χ1) is 10.3. The highest BCUT2D eigenvalue weighted by molar-refractivity contribution is 5.87. The summed E-state index contributed by atoms with van der Waals surface area (Å²) in [7, 11) is 0. The van der Waals surface area contributed by atoms with Gasteiger partial charge in [0.2, 0.25) is 0 Å². The molecule has 2 nitrogen and oxygen atoms in total. The summed E-state index contributed by atoms with van der Waals surface area (Å²) in [6.45, 7) is 10.8. The minimum Gasteiger partial charge on any atom is -0.360 e. The molecule has 2 aliphatic rings. The van der Waals surface area contributed by atoms with E-state index in [0.717, 1.165) is 38.5 Å². The van der Waals surface area contributed by atoms with Gasteiger partial charge in [-0.1, -0.05) is 37.1 Å². The standard InChI is InChI=1S/C20H32O2/c1-15(2)20-12-11-17(4)8-6-7-16(3)9-10-18(21)19(5,22-20)13-14-20/h7,11,15H,6,8-10,12-14H2,1-5H3/b16-7+,17-11+/t19-,20-/m1/s1. The Balaban J connectivity index is 2.29. The predicted octanol–water partition coefficient (Wildman–Crippen LogP) is 5.38. The number of ether oxygens (including phenoxy) is 1. The molecule has 124 valence electrons. The maximum atomic E-state index is 12.7. The van der Waals surface area contributed by atoms with Crippen LogP contribution in [-0.4, -0.2) is 17.0 Å². The summed E-state index contributed by atoms with van der Waals surface area (Å²) in [4.78, 5) is 12.7. The van der Waals surface area contributed by atoms with Crippen molar-refractivity contribution >= 4 is 5.78 Å². The predicted molar refractivity (Wildman–Crippen MR) is 91.9 cm³/mol. The zero-order chi connectivity index (χ0) is 16.4. The van der Waals surface area contributed by atoms with Crippen molar-refractivity contribution in [3.8, 4) is 0 Å². The van der Waals surface area contributed by atoms with Gasteiger partial charge in [-0.25, -0.2) is 0 Å². The van der Waals surface area contributed by atoms with E-state index in [1.807, 2.05) is 6.92 Å². The van der Waals surface area contributed by atoms with Gasteiger partial charge in [0, 0.05) is 6.42 Å². The lowest BCUT2D eigenvalue weighted by molar-refractivity contribution is -0.156. The molecule has 0 amide bonds. The number of ketones is 1. The van der Waals surface area contributed by atoms with Crippen molar-refractivity contribution in [2.45, 2.75) is 90.8 Å². The van der Waals surface area contributed by atoms with E-state index >= 15 is 0 Å². The van der Waals surface area contributed by atoms with E-state index in [2.05, 4.69) is 39.8 Å². The first-order valence-corrected chi connectivity index (χ1v) is 8.82. The van der Waals surface area contributed by atoms with Crippen LogP contribution in [0.15, 0.2) is 23.3 Å². The molecular weight excluding hydrogens is 272 g/mol. The van der Waals surface area contributed by atoms with Crippen LogP contribution >= 0.6 is 0 Å². The Bertz CT molecular complexity index is 486. The minimum atomic E-state index is -0.583. The quantitative estimate of drug-likeness (QED) is 0.608. The molecule has 0 spiro atoms. The van der Waals surface area contributed by atoms with Crippen LogP contribution in [0.25, 0.3) is 0 Å². The highest BCUT2D eigenvalue weighted by Crippen LogP contribution is 2.46. The van der Waals surface area contributed by atoms with Crippen LogP contribution in [0.4, 0.5) is 0 Å². The molecule has 2 heterocycles.